The second-order valence-corrected chi connectivity index (χ2v) is 5.86. The number of nitrogens with zero attached hydrogens (tertiary/aromatic N) is 3. The molecule has 1 aromatic rings. The summed E-state index contributed by atoms with van der Waals surface area (Å²) >= 11 is 0. The molecule has 4 heteroatoms. The first kappa shape index (κ1) is 12.2. The van der Waals surface area contributed by atoms with Crippen LogP contribution in [0.5, 0.6) is 0 Å². The molecule has 1 aromatic heterocycles. The monoisotopic (exact) mass is 248 g/mol. The van der Waals surface area contributed by atoms with Gasteiger partial charge in [0, 0.05) is 38.3 Å². The van der Waals surface area contributed by atoms with Gasteiger partial charge in [-0.25, -0.2) is 4.98 Å². The maximum absolute atomic E-state index is 4.72. The third-order valence-electron chi connectivity index (χ3n) is 4.34. The summed E-state index contributed by atoms with van der Waals surface area (Å²) in [6, 6.07) is 0. The molecule has 100 valence electrons. The minimum absolute atomic E-state index is 0.802. The Hall–Kier alpha value is -0.870. The van der Waals surface area contributed by atoms with E-state index in [4.69, 9.17) is 4.98 Å². The van der Waals surface area contributed by atoms with Gasteiger partial charge in [-0.2, -0.15) is 0 Å². The average Bonchev–Trinajstić information content (AvgIpc) is 2.66. The highest BCUT2D eigenvalue weighted by molar-refractivity contribution is 5.19. The number of hydrogen-bond donors (Lipinski definition) is 1. The Labute approximate surface area is 109 Å². The Morgan fingerprint density at radius 2 is 2.33 bits per heavy atom. The molecule has 0 radical (unpaired) electrons. The lowest BCUT2D eigenvalue weighted by Crippen LogP contribution is -2.35. The summed E-state index contributed by atoms with van der Waals surface area (Å²) in [4.78, 5) is 7.19. The molecule has 0 spiro atoms. The van der Waals surface area contributed by atoms with Gasteiger partial charge in [0.15, 0.2) is 0 Å². The molecule has 4 nitrogen and oxygen atoms in total. The molecule has 1 fully saturated rings. The van der Waals surface area contributed by atoms with Crippen molar-refractivity contribution in [3.8, 4) is 0 Å². The molecule has 3 heterocycles. The number of rotatable bonds is 2. The van der Waals surface area contributed by atoms with Crippen LogP contribution in [0.2, 0.25) is 0 Å². The fraction of sp³-hybridized carbons (Fsp3) is 0.786. The van der Waals surface area contributed by atoms with Crippen LogP contribution in [0.1, 0.15) is 30.1 Å². The summed E-state index contributed by atoms with van der Waals surface area (Å²) < 4.78 is 2.49. The summed E-state index contributed by atoms with van der Waals surface area (Å²) in [6.07, 6.45) is 3.85. The van der Waals surface area contributed by atoms with Crippen molar-refractivity contribution in [2.24, 2.45) is 5.92 Å². The molecule has 0 aliphatic carbocycles. The molecule has 18 heavy (non-hydrogen) atoms. The minimum Gasteiger partial charge on any atom is -0.332 e. The van der Waals surface area contributed by atoms with Gasteiger partial charge in [-0.1, -0.05) is 0 Å². The van der Waals surface area contributed by atoms with Gasteiger partial charge in [-0.05, 0) is 39.3 Å². The first-order chi connectivity index (χ1) is 8.74. The van der Waals surface area contributed by atoms with E-state index < -0.39 is 0 Å². The fourth-order valence-electron chi connectivity index (χ4n) is 3.43. The van der Waals surface area contributed by atoms with Gasteiger partial charge < -0.3 is 14.8 Å². The van der Waals surface area contributed by atoms with Crippen molar-refractivity contribution >= 4 is 0 Å². The number of piperidine rings is 1. The smallest absolute Gasteiger partial charge is 0.106 e. The lowest BCUT2D eigenvalue weighted by molar-refractivity contribution is 0.193. The number of imidazole rings is 1. The summed E-state index contributed by atoms with van der Waals surface area (Å²) in [5.74, 6) is 2.01. The summed E-state index contributed by atoms with van der Waals surface area (Å²) in [5, 5.41) is 3.41. The average molecular weight is 248 g/mol. The normalized spacial score (nSPS) is 25.1. The van der Waals surface area contributed by atoms with E-state index in [-0.39, 0.29) is 0 Å². The minimum atomic E-state index is 0.802. The molecule has 0 amide bonds. The molecular formula is C14H24N4. The second-order valence-electron chi connectivity index (χ2n) is 5.86. The second kappa shape index (κ2) is 5.02. The van der Waals surface area contributed by atoms with Crippen LogP contribution in [0.4, 0.5) is 0 Å². The van der Waals surface area contributed by atoms with Gasteiger partial charge in [0.25, 0.3) is 0 Å². The van der Waals surface area contributed by atoms with E-state index >= 15 is 0 Å². The molecule has 2 aliphatic rings. The van der Waals surface area contributed by atoms with Gasteiger partial charge in [0.1, 0.15) is 5.82 Å². The molecule has 0 aromatic carbocycles. The highest BCUT2D eigenvalue weighted by Gasteiger charge is 2.22. The number of fused-ring (bicyclic) bond motifs is 1. The maximum atomic E-state index is 4.72. The Kier molecular flexibility index (Phi) is 3.39. The topological polar surface area (TPSA) is 33.1 Å². The summed E-state index contributed by atoms with van der Waals surface area (Å²) in [6.45, 7) is 7.88. The zero-order valence-corrected chi connectivity index (χ0v) is 11.6. The van der Waals surface area contributed by atoms with Crippen molar-refractivity contribution in [1.29, 1.82) is 0 Å². The lowest BCUT2D eigenvalue weighted by atomic mass is 9.98. The highest BCUT2D eigenvalue weighted by atomic mass is 15.1. The van der Waals surface area contributed by atoms with Crippen molar-refractivity contribution in [3.63, 3.8) is 0 Å². The first-order valence-electron chi connectivity index (χ1n) is 7.18. The third kappa shape index (κ3) is 2.31. The van der Waals surface area contributed by atoms with Gasteiger partial charge in [-0.3, -0.25) is 0 Å². The molecule has 2 aliphatic heterocycles. The van der Waals surface area contributed by atoms with Crippen LogP contribution in [-0.2, 0) is 19.5 Å². The Morgan fingerprint density at radius 3 is 3.17 bits per heavy atom. The van der Waals surface area contributed by atoms with E-state index in [0.29, 0.717) is 0 Å². The van der Waals surface area contributed by atoms with Gasteiger partial charge in [0.05, 0.1) is 5.69 Å². The van der Waals surface area contributed by atoms with Crippen LogP contribution in [0.25, 0.3) is 0 Å². The van der Waals surface area contributed by atoms with Gasteiger partial charge in [0.2, 0.25) is 0 Å². The quantitative estimate of drug-likeness (QED) is 0.853. The molecule has 1 atom stereocenters. The fourth-order valence-corrected chi connectivity index (χ4v) is 3.43. The molecule has 1 N–H and O–H groups in total. The van der Waals surface area contributed by atoms with E-state index in [9.17, 15) is 0 Å². The van der Waals surface area contributed by atoms with Gasteiger partial charge >= 0.3 is 0 Å². The lowest BCUT2D eigenvalue weighted by Gasteiger charge is -2.30. The Bertz CT molecular complexity index is 424. The van der Waals surface area contributed by atoms with Crippen molar-refractivity contribution in [2.75, 3.05) is 26.7 Å². The first-order valence-corrected chi connectivity index (χ1v) is 7.18. The van der Waals surface area contributed by atoms with Crippen molar-refractivity contribution in [2.45, 2.75) is 39.3 Å². The summed E-state index contributed by atoms with van der Waals surface area (Å²) in [7, 11) is 2.24. The van der Waals surface area contributed by atoms with Crippen LogP contribution in [-0.4, -0.2) is 41.1 Å². The molecular weight excluding hydrogens is 224 g/mol. The number of likely N-dealkylation sites (tertiary alicyclic amines) is 1. The van der Waals surface area contributed by atoms with Gasteiger partial charge in [-0.15, -0.1) is 0 Å². The third-order valence-corrected chi connectivity index (χ3v) is 4.34. The SMILES string of the molecule is Cc1nc2c(n1CC1CCCN(C)C1)CCNC2. The van der Waals surface area contributed by atoms with E-state index in [1.807, 2.05) is 0 Å². The maximum Gasteiger partial charge on any atom is 0.106 e. The van der Waals surface area contributed by atoms with E-state index in [2.05, 4.69) is 28.8 Å². The van der Waals surface area contributed by atoms with Crippen LogP contribution in [0.15, 0.2) is 0 Å². The van der Waals surface area contributed by atoms with E-state index in [1.165, 1.54) is 49.7 Å². The van der Waals surface area contributed by atoms with Crippen molar-refractivity contribution in [3.05, 3.63) is 17.2 Å². The predicted octanol–water partition coefficient (Wildman–Crippen LogP) is 1.18. The molecule has 1 saturated heterocycles. The van der Waals surface area contributed by atoms with E-state index in [1.54, 1.807) is 0 Å². The van der Waals surface area contributed by atoms with E-state index in [0.717, 1.165) is 25.4 Å². The molecule has 0 saturated carbocycles. The number of hydrogen-bond acceptors (Lipinski definition) is 3. The van der Waals surface area contributed by atoms with Crippen LogP contribution in [0.3, 0.4) is 0 Å². The van der Waals surface area contributed by atoms with Crippen molar-refractivity contribution in [1.82, 2.24) is 19.8 Å². The van der Waals surface area contributed by atoms with Crippen LogP contribution in [0, 0.1) is 12.8 Å². The standard InChI is InChI=1S/C14H24N4/c1-11-16-13-8-15-6-5-14(13)18(11)10-12-4-3-7-17(2)9-12/h12,15H,3-10H2,1-2H3. The summed E-state index contributed by atoms with van der Waals surface area (Å²) in [5.41, 5.74) is 2.77. The molecule has 1 unspecified atom stereocenters. The van der Waals surface area contributed by atoms with Crippen molar-refractivity contribution < 1.29 is 0 Å². The number of aromatic nitrogens is 2. The van der Waals surface area contributed by atoms with Crippen LogP contribution >= 0.6 is 0 Å². The van der Waals surface area contributed by atoms with Crippen LogP contribution < -0.4 is 5.32 Å². The largest absolute Gasteiger partial charge is 0.332 e. The molecule has 3 rings (SSSR count). The Balaban J connectivity index is 1.77. The zero-order valence-electron chi connectivity index (χ0n) is 11.6. The highest BCUT2D eigenvalue weighted by Crippen LogP contribution is 2.22. The zero-order chi connectivity index (χ0) is 12.5. The number of aryl methyl sites for hydroxylation is 1. The molecule has 0 bridgehead atoms. The Morgan fingerprint density at radius 1 is 1.44 bits per heavy atom. The number of nitrogens with one attached hydrogen (secondary N) is 1. The predicted molar refractivity (Wildman–Crippen MR) is 72.6 cm³/mol.